The second-order valence-electron chi connectivity index (χ2n) is 6.75. The fourth-order valence-corrected chi connectivity index (χ4v) is 3.84. The van der Waals surface area contributed by atoms with Gasteiger partial charge in [0.1, 0.15) is 11.3 Å². The fourth-order valence-electron chi connectivity index (χ4n) is 2.94. The molecule has 1 aromatic heterocycles. The molecule has 0 saturated carbocycles. The summed E-state index contributed by atoms with van der Waals surface area (Å²) in [6, 6.07) is 15.6. The highest BCUT2D eigenvalue weighted by Crippen LogP contribution is 2.33. The highest BCUT2D eigenvalue weighted by atomic mass is 127. The van der Waals surface area contributed by atoms with Crippen LogP contribution in [0.5, 0.6) is 5.75 Å². The topological polar surface area (TPSA) is 87.4 Å². The molecule has 31 heavy (non-hydrogen) atoms. The summed E-state index contributed by atoms with van der Waals surface area (Å²) >= 11 is 13.5. The van der Waals surface area contributed by atoms with Gasteiger partial charge in [-0.25, -0.2) is 4.98 Å². The first-order valence-corrected chi connectivity index (χ1v) is 10.9. The van der Waals surface area contributed by atoms with Gasteiger partial charge in [-0.05, 0) is 95.8 Å². The summed E-state index contributed by atoms with van der Waals surface area (Å²) in [5.41, 5.74) is 3.63. The van der Waals surface area contributed by atoms with Crippen LogP contribution in [-0.2, 0) is 0 Å². The number of nitrogens with zero attached hydrogens (tertiary/aromatic N) is 1. The van der Waals surface area contributed by atoms with Gasteiger partial charge in [0, 0.05) is 9.26 Å². The molecule has 0 atom stereocenters. The molecular formula is C22H15ClIN3O3S. The van der Waals surface area contributed by atoms with E-state index in [-0.39, 0.29) is 16.8 Å². The molecule has 0 spiro atoms. The van der Waals surface area contributed by atoms with Crippen molar-refractivity contribution < 1.29 is 14.3 Å². The maximum atomic E-state index is 12.5. The zero-order valence-corrected chi connectivity index (χ0v) is 19.8. The number of aromatic hydroxyl groups is 1. The quantitative estimate of drug-likeness (QED) is 0.164. The second-order valence-corrected chi connectivity index (χ2v) is 8.82. The molecule has 0 aliphatic carbocycles. The summed E-state index contributed by atoms with van der Waals surface area (Å²) in [5.74, 6) is -0.133. The number of halogens is 2. The van der Waals surface area contributed by atoms with Crippen molar-refractivity contribution in [2.24, 2.45) is 0 Å². The lowest BCUT2D eigenvalue weighted by atomic mass is 10.1. The van der Waals surface area contributed by atoms with E-state index >= 15 is 0 Å². The van der Waals surface area contributed by atoms with Gasteiger partial charge in [-0.3, -0.25) is 10.1 Å². The Bertz CT molecular complexity index is 1340. The van der Waals surface area contributed by atoms with Crippen molar-refractivity contribution in [3.05, 3.63) is 74.3 Å². The summed E-state index contributed by atoms with van der Waals surface area (Å²) < 4.78 is 6.68. The Kier molecular flexibility index (Phi) is 6.12. The van der Waals surface area contributed by atoms with Gasteiger partial charge >= 0.3 is 0 Å². The summed E-state index contributed by atoms with van der Waals surface area (Å²) in [4.78, 5) is 16.9. The minimum atomic E-state index is -0.422. The van der Waals surface area contributed by atoms with Crippen molar-refractivity contribution in [3.8, 4) is 17.2 Å². The molecule has 0 aliphatic heterocycles. The third-order valence-corrected chi connectivity index (χ3v) is 5.63. The van der Waals surface area contributed by atoms with Crippen molar-refractivity contribution in [1.82, 2.24) is 10.3 Å². The zero-order chi connectivity index (χ0) is 22.1. The number of aryl methyl sites for hydroxylation is 1. The number of amides is 1. The average Bonchev–Trinajstić information content (AvgIpc) is 3.14. The maximum absolute atomic E-state index is 12.5. The van der Waals surface area contributed by atoms with E-state index in [0.29, 0.717) is 32.9 Å². The number of phenolic OH excluding ortho intramolecular Hbond substituents is 1. The molecule has 0 aliphatic rings. The van der Waals surface area contributed by atoms with Gasteiger partial charge in [0.15, 0.2) is 10.7 Å². The molecule has 1 heterocycles. The van der Waals surface area contributed by atoms with Crippen molar-refractivity contribution >= 4 is 74.2 Å². The SMILES string of the molecule is Cc1ccc2nc(-c3cc(NC(=S)NC(=O)c4cc(I)ccc4Cl)ccc3O)oc2c1. The normalized spacial score (nSPS) is 10.8. The molecule has 4 aromatic rings. The number of nitrogens with one attached hydrogen (secondary N) is 2. The van der Waals surface area contributed by atoms with E-state index in [9.17, 15) is 9.90 Å². The first-order valence-electron chi connectivity index (χ1n) is 9.08. The lowest BCUT2D eigenvalue weighted by Gasteiger charge is -2.11. The minimum Gasteiger partial charge on any atom is -0.507 e. The Labute approximate surface area is 201 Å². The lowest BCUT2D eigenvalue weighted by molar-refractivity contribution is 0.0978. The molecule has 3 aromatic carbocycles. The van der Waals surface area contributed by atoms with Crippen LogP contribution in [0.4, 0.5) is 5.69 Å². The van der Waals surface area contributed by atoms with Crippen molar-refractivity contribution in [1.29, 1.82) is 0 Å². The molecule has 0 saturated heterocycles. The molecule has 9 heteroatoms. The van der Waals surface area contributed by atoms with E-state index < -0.39 is 5.91 Å². The molecule has 6 nitrogen and oxygen atoms in total. The molecule has 0 bridgehead atoms. The van der Waals surface area contributed by atoms with Crippen molar-refractivity contribution in [2.75, 3.05) is 5.32 Å². The lowest BCUT2D eigenvalue weighted by Crippen LogP contribution is -2.34. The summed E-state index contributed by atoms with van der Waals surface area (Å²) in [5, 5.41) is 16.3. The minimum absolute atomic E-state index is 0.00873. The van der Waals surface area contributed by atoms with Crippen molar-refractivity contribution in [2.45, 2.75) is 6.92 Å². The predicted octanol–water partition coefficient (Wildman–Crippen LogP) is 5.89. The summed E-state index contributed by atoms with van der Waals surface area (Å²) in [6.45, 7) is 1.96. The van der Waals surface area contributed by atoms with Gasteiger partial charge in [0.2, 0.25) is 5.89 Å². The predicted molar refractivity (Wildman–Crippen MR) is 134 cm³/mol. The number of oxazole rings is 1. The van der Waals surface area contributed by atoms with E-state index in [2.05, 4.69) is 38.2 Å². The molecule has 4 rings (SSSR count). The Morgan fingerprint density at radius 2 is 1.97 bits per heavy atom. The van der Waals surface area contributed by atoms with Crippen LogP contribution in [0.25, 0.3) is 22.6 Å². The van der Waals surface area contributed by atoms with E-state index in [4.69, 9.17) is 28.2 Å². The number of fused-ring (bicyclic) bond motifs is 1. The monoisotopic (exact) mass is 563 g/mol. The van der Waals surface area contributed by atoms with Crippen LogP contribution >= 0.6 is 46.4 Å². The first-order chi connectivity index (χ1) is 14.8. The Hall–Kier alpha value is -2.69. The van der Waals surface area contributed by atoms with Gasteiger partial charge in [-0.2, -0.15) is 0 Å². The average molecular weight is 564 g/mol. The third kappa shape index (κ3) is 4.81. The third-order valence-electron chi connectivity index (χ3n) is 4.43. The van der Waals surface area contributed by atoms with E-state index in [1.165, 1.54) is 6.07 Å². The number of carbonyl (C=O) groups excluding carboxylic acids is 1. The first kappa shape index (κ1) is 21.5. The molecule has 1 amide bonds. The van der Waals surface area contributed by atoms with Crippen LogP contribution < -0.4 is 10.6 Å². The summed E-state index contributed by atoms with van der Waals surface area (Å²) in [7, 11) is 0. The van der Waals surface area contributed by atoms with Gasteiger partial charge in [0.05, 0.1) is 16.1 Å². The molecule has 156 valence electrons. The zero-order valence-electron chi connectivity index (χ0n) is 16.1. The van der Waals surface area contributed by atoms with Crippen LogP contribution in [0.1, 0.15) is 15.9 Å². The number of rotatable bonds is 3. The number of carbonyl (C=O) groups is 1. The smallest absolute Gasteiger partial charge is 0.258 e. The number of anilines is 1. The standard InChI is InChI=1S/C22H15ClIN3O3S/c1-11-2-6-17-19(8-11)30-21(26-17)15-10-13(4-7-18(15)28)25-22(31)27-20(29)14-9-12(24)3-5-16(14)23/h2-10,28H,1H3,(H2,25,27,29,31). The van der Waals surface area contributed by atoms with Crippen LogP contribution in [0, 0.1) is 10.5 Å². The van der Waals surface area contributed by atoms with Crippen LogP contribution in [-0.4, -0.2) is 21.1 Å². The van der Waals surface area contributed by atoms with Gasteiger partial charge in [-0.15, -0.1) is 0 Å². The number of thiocarbonyl (C=S) groups is 1. The molecule has 0 fully saturated rings. The number of hydrogen-bond acceptors (Lipinski definition) is 5. The van der Waals surface area contributed by atoms with Crippen molar-refractivity contribution in [3.63, 3.8) is 0 Å². The number of hydrogen-bond donors (Lipinski definition) is 3. The van der Waals surface area contributed by atoms with Crippen LogP contribution in [0.3, 0.4) is 0 Å². The Morgan fingerprint density at radius 1 is 1.16 bits per heavy atom. The van der Waals surface area contributed by atoms with Gasteiger partial charge in [-0.1, -0.05) is 17.7 Å². The maximum Gasteiger partial charge on any atom is 0.258 e. The molecule has 0 unspecified atom stereocenters. The fraction of sp³-hybridized carbons (Fsp3) is 0.0455. The largest absolute Gasteiger partial charge is 0.507 e. The van der Waals surface area contributed by atoms with E-state index in [0.717, 1.165) is 9.13 Å². The van der Waals surface area contributed by atoms with Crippen LogP contribution in [0.15, 0.2) is 59.0 Å². The van der Waals surface area contributed by atoms with Gasteiger partial charge < -0.3 is 14.8 Å². The molecular weight excluding hydrogens is 549 g/mol. The second kappa shape index (κ2) is 8.81. The van der Waals surface area contributed by atoms with Crippen LogP contribution in [0.2, 0.25) is 5.02 Å². The van der Waals surface area contributed by atoms with E-state index in [1.54, 1.807) is 24.3 Å². The Morgan fingerprint density at radius 3 is 2.77 bits per heavy atom. The van der Waals surface area contributed by atoms with E-state index in [1.807, 2.05) is 31.2 Å². The molecule has 0 radical (unpaired) electrons. The summed E-state index contributed by atoms with van der Waals surface area (Å²) in [6.07, 6.45) is 0. The number of aromatic nitrogens is 1. The highest BCUT2D eigenvalue weighted by molar-refractivity contribution is 14.1. The number of benzene rings is 3. The van der Waals surface area contributed by atoms with Gasteiger partial charge in [0.25, 0.3) is 5.91 Å². The number of phenols is 1. The highest BCUT2D eigenvalue weighted by Gasteiger charge is 2.15. The Balaban J connectivity index is 1.54. The molecule has 3 N–H and O–H groups in total.